The predicted molar refractivity (Wildman–Crippen MR) is 65.4 cm³/mol. The Morgan fingerprint density at radius 3 is 2.59 bits per heavy atom. The van der Waals surface area contributed by atoms with Crippen LogP contribution in [-0.4, -0.2) is 23.8 Å². The molecule has 0 bridgehead atoms. The molecule has 1 heterocycles. The van der Waals surface area contributed by atoms with Gasteiger partial charge in [0.1, 0.15) is 17.2 Å². The van der Waals surface area contributed by atoms with E-state index in [1.807, 2.05) is 6.92 Å². The zero-order chi connectivity index (χ0) is 13.1. The Bertz CT molecular complexity index is 411. The second-order valence-corrected chi connectivity index (χ2v) is 4.61. The molecule has 0 spiro atoms. The van der Waals surface area contributed by atoms with Gasteiger partial charge in [-0.25, -0.2) is 9.78 Å². The summed E-state index contributed by atoms with van der Waals surface area (Å²) in [6.45, 7) is 7.23. The van der Waals surface area contributed by atoms with Crippen molar-refractivity contribution in [2.75, 3.05) is 12.4 Å². The SMILES string of the molecule is COc1ccnc(NC(=O)OC(C)(C)C)c1C. The average Bonchev–Trinajstić information content (AvgIpc) is 2.18. The van der Waals surface area contributed by atoms with Crippen molar-refractivity contribution in [1.29, 1.82) is 0 Å². The highest BCUT2D eigenvalue weighted by molar-refractivity contribution is 5.84. The molecule has 0 aromatic carbocycles. The Morgan fingerprint density at radius 1 is 1.41 bits per heavy atom. The van der Waals surface area contributed by atoms with Crippen LogP contribution < -0.4 is 10.1 Å². The number of nitrogens with zero attached hydrogens (tertiary/aromatic N) is 1. The van der Waals surface area contributed by atoms with Crippen molar-refractivity contribution in [1.82, 2.24) is 4.98 Å². The first-order chi connectivity index (χ1) is 7.83. The van der Waals surface area contributed by atoms with Gasteiger partial charge in [0.05, 0.1) is 7.11 Å². The molecule has 0 radical (unpaired) electrons. The zero-order valence-corrected chi connectivity index (χ0v) is 10.8. The average molecular weight is 238 g/mol. The molecule has 0 saturated heterocycles. The molecule has 0 saturated carbocycles. The van der Waals surface area contributed by atoms with Crippen molar-refractivity contribution in [3.8, 4) is 5.75 Å². The van der Waals surface area contributed by atoms with Crippen LogP contribution in [0.4, 0.5) is 10.6 Å². The van der Waals surface area contributed by atoms with E-state index < -0.39 is 11.7 Å². The van der Waals surface area contributed by atoms with Gasteiger partial charge in [-0.2, -0.15) is 0 Å². The van der Waals surface area contributed by atoms with Gasteiger partial charge in [-0.3, -0.25) is 5.32 Å². The molecule has 0 unspecified atom stereocenters. The van der Waals surface area contributed by atoms with E-state index in [0.717, 1.165) is 5.56 Å². The fourth-order valence-corrected chi connectivity index (χ4v) is 1.27. The molecule has 1 rings (SSSR count). The summed E-state index contributed by atoms with van der Waals surface area (Å²) in [6, 6.07) is 1.73. The van der Waals surface area contributed by atoms with Gasteiger partial charge in [0.2, 0.25) is 0 Å². The Hall–Kier alpha value is -1.78. The number of rotatable bonds is 2. The fraction of sp³-hybridized carbons (Fsp3) is 0.500. The molecule has 0 aliphatic carbocycles. The Kier molecular flexibility index (Phi) is 3.93. The second-order valence-electron chi connectivity index (χ2n) is 4.61. The maximum absolute atomic E-state index is 11.6. The number of carbonyl (C=O) groups excluding carboxylic acids is 1. The van der Waals surface area contributed by atoms with E-state index in [1.165, 1.54) is 0 Å². The summed E-state index contributed by atoms with van der Waals surface area (Å²) in [5.74, 6) is 1.12. The van der Waals surface area contributed by atoms with E-state index in [2.05, 4.69) is 10.3 Å². The lowest BCUT2D eigenvalue weighted by atomic mass is 10.2. The van der Waals surface area contributed by atoms with Crippen molar-refractivity contribution in [2.24, 2.45) is 0 Å². The summed E-state index contributed by atoms with van der Waals surface area (Å²) in [5, 5.41) is 2.59. The minimum atomic E-state index is -0.531. The van der Waals surface area contributed by atoms with Crippen molar-refractivity contribution < 1.29 is 14.3 Å². The third-order valence-electron chi connectivity index (χ3n) is 1.99. The molecule has 5 heteroatoms. The highest BCUT2D eigenvalue weighted by Gasteiger charge is 2.17. The maximum atomic E-state index is 11.6. The molecule has 0 fully saturated rings. The molecular weight excluding hydrogens is 220 g/mol. The molecule has 0 atom stereocenters. The minimum absolute atomic E-state index is 0.443. The highest BCUT2D eigenvalue weighted by atomic mass is 16.6. The number of hydrogen-bond acceptors (Lipinski definition) is 4. The topological polar surface area (TPSA) is 60.5 Å². The molecule has 1 aromatic heterocycles. The molecule has 1 amide bonds. The van der Waals surface area contributed by atoms with Gasteiger partial charge in [0.25, 0.3) is 0 Å². The van der Waals surface area contributed by atoms with Gasteiger partial charge in [0.15, 0.2) is 0 Å². The monoisotopic (exact) mass is 238 g/mol. The van der Waals surface area contributed by atoms with Crippen LogP contribution in [0.1, 0.15) is 26.3 Å². The van der Waals surface area contributed by atoms with E-state index in [0.29, 0.717) is 11.6 Å². The van der Waals surface area contributed by atoms with Gasteiger partial charge < -0.3 is 9.47 Å². The third kappa shape index (κ3) is 3.94. The standard InChI is InChI=1S/C12H18N2O3/c1-8-9(16-5)6-7-13-10(8)14-11(15)17-12(2,3)4/h6-7H,1-5H3,(H,13,14,15). The molecule has 0 aliphatic heterocycles. The van der Waals surface area contributed by atoms with Crippen LogP contribution in [0.15, 0.2) is 12.3 Å². The van der Waals surface area contributed by atoms with Crippen molar-refractivity contribution in [3.63, 3.8) is 0 Å². The summed E-state index contributed by atoms with van der Waals surface area (Å²) in [5.41, 5.74) is 0.234. The smallest absolute Gasteiger partial charge is 0.413 e. The van der Waals surface area contributed by atoms with Crippen LogP contribution in [0.5, 0.6) is 5.75 Å². The van der Waals surface area contributed by atoms with E-state index >= 15 is 0 Å². The number of aromatic nitrogens is 1. The lowest BCUT2D eigenvalue weighted by molar-refractivity contribution is 0.0635. The van der Waals surface area contributed by atoms with E-state index in [4.69, 9.17) is 9.47 Å². The lowest BCUT2D eigenvalue weighted by Crippen LogP contribution is -2.27. The number of methoxy groups -OCH3 is 1. The molecule has 5 nitrogen and oxygen atoms in total. The Balaban J connectivity index is 2.79. The number of nitrogens with one attached hydrogen (secondary N) is 1. The summed E-state index contributed by atoms with van der Waals surface area (Å²) < 4.78 is 10.3. The van der Waals surface area contributed by atoms with E-state index in [-0.39, 0.29) is 0 Å². The van der Waals surface area contributed by atoms with Crippen LogP contribution in [0.25, 0.3) is 0 Å². The van der Waals surface area contributed by atoms with Crippen LogP contribution in [0, 0.1) is 6.92 Å². The summed E-state index contributed by atoms with van der Waals surface area (Å²) in [4.78, 5) is 15.6. The van der Waals surface area contributed by atoms with Crippen molar-refractivity contribution in [2.45, 2.75) is 33.3 Å². The minimum Gasteiger partial charge on any atom is -0.496 e. The van der Waals surface area contributed by atoms with Crippen molar-refractivity contribution >= 4 is 11.9 Å². The maximum Gasteiger partial charge on any atom is 0.413 e. The summed E-state index contributed by atoms with van der Waals surface area (Å²) >= 11 is 0. The first-order valence-electron chi connectivity index (χ1n) is 5.33. The lowest BCUT2D eigenvalue weighted by Gasteiger charge is -2.20. The van der Waals surface area contributed by atoms with Gasteiger partial charge >= 0.3 is 6.09 Å². The van der Waals surface area contributed by atoms with Crippen molar-refractivity contribution in [3.05, 3.63) is 17.8 Å². The van der Waals surface area contributed by atoms with E-state index in [9.17, 15) is 4.79 Å². The normalized spacial score (nSPS) is 10.9. The van der Waals surface area contributed by atoms with Crippen LogP contribution in [-0.2, 0) is 4.74 Å². The summed E-state index contributed by atoms with van der Waals surface area (Å²) in [6.07, 6.45) is 1.04. The molecule has 94 valence electrons. The van der Waals surface area contributed by atoms with Gasteiger partial charge in [-0.05, 0) is 33.8 Å². The van der Waals surface area contributed by atoms with Crippen LogP contribution in [0.2, 0.25) is 0 Å². The first-order valence-corrected chi connectivity index (χ1v) is 5.33. The molecule has 17 heavy (non-hydrogen) atoms. The predicted octanol–water partition coefficient (Wildman–Crippen LogP) is 2.75. The molecule has 1 aromatic rings. The van der Waals surface area contributed by atoms with Crippen LogP contribution in [0.3, 0.4) is 0 Å². The highest BCUT2D eigenvalue weighted by Crippen LogP contribution is 2.22. The van der Waals surface area contributed by atoms with E-state index in [1.54, 1.807) is 40.1 Å². The van der Waals surface area contributed by atoms with Gasteiger partial charge in [-0.1, -0.05) is 0 Å². The molecule has 1 N–H and O–H groups in total. The quantitative estimate of drug-likeness (QED) is 0.860. The fourth-order valence-electron chi connectivity index (χ4n) is 1.27. The molecule has 0 aliphatic rings. The second kappa shape index (κ2) is 5.03. The van der Waals surface area contributed by atoms with Crippen LogP contribution >= 0.6 is 0 Å². The van der Waals surface area contributed by atoms with Gasteiger partial charge in [0, 0.05) is 11.8 Å². The third-order valence-corrected chi connectivity index (χ3v) is 1.99. The molecular formula is C12H18N2O3. The Morgan fingerprint density at radius 2 is 2.06 bits per heavy atom. The first kappa shape index (κ1) is 13.3. The van der Waals surface area contributed by atoms with Gasteiger partial charge in [-0.15, -0.1) is 0 Å². The number of hydrogen-bond donors (Lipinski definition) is 1. The number of amides is 1. The largest absolute Gasteiger partial charge is 0.496 e. The number of pyridine rings is 1. The zero-order valence-electron chi connectivity index (χ0n) is 10.8. The Labute approximate surface area is 101 Å². The summed E-state index contributed by atoms with van der Waals surface area (Å²) in [7, 11) is 1.57. The number of carbonyl (C=O) groups is 1. The number of ether oxygens (including phenoxy) is 2. The number of anilines is 1.